The molecule has 1 heterocycles. The number of oxazole rings is 1. The van der Waals surface area contributed by atoms with Crippen molar-refractivity contribution in [1.82, 2.24) is 4.98 Å². The standard InChI is InChI=1S/C12H11N3O3/c1-2-3-4-8-13-12-14-11-9(15(16)17)6-5-7-10(11)18-12/h1,5-7H,3-4,8H2,(H,13,14). The van der Waals surface area contributed by atoms with Gasteiger partial charge in [0.1, 0.15) is 0 Å². The molecule has 0 aliphatic rings. The minimum Gasteiger partial charge on any atom is -0.423 e. The molecule has 0 unspecified atom stereocenters. The van der Waals surface area contributed by atoms with Crippen molar-refractivity contribution < 1.29 is 9.34 Å². The highest BCUT2D eigenvalue weighted by atomic mass is 16.6. The van der Waals surface area contributed by atoms with Gasteiger partial charge in [-0.1, -0.05) is 6.07 Å². The van der Waals surface area contributed by atoms with E-state index in [4.69, 9.17) is 10.8 Å². The molecular formula is C12H11N3O3. The lowest BCUT2D eigenvalue weighted by Crippen LogP contribution is -2.00. The van der Waals surface area contributed by atoms with Gasteiger partial charge in [0.15, 0.2) is 11.1 Å². The van der Waals surface area contributed by atoms with Crippen molar-refractivity contribution in [2.45, 2.75) is 12.8 Å². The van der Waals surface area contributed by atoms with Crippen LogP contribution in [0.1, 0.15) is 12.8 Å². The van der Waals surface area contributed by atoms with Gasteiger partial charge in [0.05, 0.1) is 4.92 Å². The molecule has 0 bridgehead atoms. The molecule has 0 saturated carbocycles. The summed E-state index contributed by atoms with van der Waals surface area (Å²) in [5.74, 6) is 2.52. The number of hydrogen-bond donors (Lipinski definition) is 1. The first-order chi connectivity index (χ1) is 8.72. The third kappa shape index (κ3) is 2.40. The molecule has 0 radical (unpaired) electrons. The Labute approximate surface area is 103 Å². The maximum absolute atomic E-state index is 10.8. The van der Waals surface area contributed by atoms with Crippen molar-refractivity contribution in [2.24, 2.45) is 0 Å². The Morgan fingerprint density at radius 3 is 3.11 bits per heavy atom. The van der Waals surface area contributed by atoms with E-state index in [0.29, 0.717) is 18.5 Å². The van der Waals surface area contributed by atoms with Crippen LogP contribution in [-0.2, 0) is 0 Å². The van der Waals surface area contributed by atoms with Crippen molar-refractivity contribution >= 4 is 22.8 Å². The van der Waals surface area contributed by atoms with Gasteiger partial charge in [-0.25, -0.2) is 0 Å². The number of anilines is 1. The summed E-state index contributed by atoms with van der Waals surface area (Å²) in [5.41, 5.74) is 0.582. The van der Waals surface area contributed by atoms with Crippen molar-refractivity contribution in [1.29, 1.82) is 0 Å². The average Bonchev–Trinajstić information content (AvgIpc) is 2.76. The maximum Gasteiger partial charge on any atom is 0.298 e. The topological polar surface area (TPSA) is 81.2 Å². The smallest absolute Gasteiger partial charge is 0.298 e. The van der Waals surface area contributed by atoms with Crippen LogP contribution in [0, 0.1) is 22.5 Å². The fraction of sp³-hybridized carbons (Fsp3) is 0.250. The number of nitro groups is 1. The van der Waals surface area contributed by atoms with Crippen LogP contribution in [0.4, 0.5) is 11.7 Å². The van der Waals surface area contributed by atoms with E-state index in [9.17, 15) is 10.1 Å². The minimum absolute atomic E-state index is 0.0621. The highest BCUT2D eigenvalue weighted by Gasteiger charge is 2.16. The Bertz CT molecular complexity index is 613. The fourth-order valence-corrected chi connectivity index (χ4v) is 1.54. The van der Waals surface area contributed by atoms with Gasteiger partial charge in [-0.05, 0) is 12.5 Å². The number of fused-ring (bicyclic) bond motifs is 1. The van der Waals surface area contributed by atoms with Gasteiger partial charge in [0.25, 0.3) is 11.7 Å². The largest absolute Gasteiger partial charge is 0.423 e. The molecule has 1 aromatic heterocycles. The third-order valence-electron chi connectivity index (χ3n) is 2.37. The molecule has 0 spiro atoms. The lowest BCUT2D eigenvalue weighted by atomic mass is 10.3. The molecule has 0 amide bonds. The second-order valence-corrected chi connectivity index (χ2v) is 3.63. The first kappa shape index (κ1) is 11.9. The van der Waals surface area contributed by atoms with E-state index in [1.165, 1.54) is 6.07 Å². The molecule has 0 aliphatic carbocycles. The van der Waals surface area contributed by atoms with Crippen molar-refractivity contribution in [2.75, 3.05) is 11.9 Å². The van der Waals surface area contributed by atoms with Gasteiger partial charge in [-0.2, -0.15) is 4.98 Å². The van der Waals surface area contributed by atoms with Gasteiger partial charge in [-0.3, -0.25) is 10.1 Å². The predicted molar refractivity (Wildman–Crippen MR) is 67.2 cm³/mol. The molecule has 0 saturated heterocycles. The van der Waals surface area contributed by atoms with Crippen LogP contribution in [-0.4, -0.2) is 16.5 Å². The molecular weight excluding hydrogens is 234 g/mol. The Morgan fingerprint density at radius 1 is 1.56 bits per heavy atom. The van der Waals surface area contributed by atoms with Gasteiger partial charge in [0, 0.05) is 19.0 Å². The van der Waals surface area contributed by atoms with Crippen molar-refractivity contribution in [3.05, 3.63) is 28.3 Å². The predicted octanol–water partition coefficient (Wildman–Crippen LogP) is 2.56. The van der Waals surface area contributed by atoms with Crippen LogP contribution in [0.5, 0.6) is 0 Å². The minimum atomic E-state index is -0.479. The first-order valence-corrected chi connectivity index (χ1v) is 5.43. The van der Waals surface area contributed by atoms with Crippen LogP contribution >= 0.6 is 0 Å². The highest BCUT2D eigenvalue weighted by Crippen LogP contribution is 2.27. The van der Waals surface area contributed by atoms with E-state index < -0.39 is 4.92 Å². The number of nitrogens with zero attached hydrogens (tertiary/aromatic N) is 2. The number of aromatic nitrogens is 1. The number of rotatable bonds is 5. The second kappa shape index (κ2) is 5.19. The normalized spacial score (nSPS) is 10.2. The summed E-state index contributed by atoms with van der Waals surface area (Å²) >= 11 is 0. The number of non-ortho nitro benzene ring substituents is 1. The summed E-state index contributed by atoms with van der Waals surface area (Å²) < 4.78 is 5.36. The zero-order chi connectivity index (χ0) is 13.0. The van der Waals surface area contributed by atoms with E-state index in [-0.39, 0.29) is 17.2 Å². The third-order valence-corrected chi connectivity index (χ3v) is 2.37. The molecule has 1 N–H and O–H groups in total. The summed E-state index contributed by atoms with van der Waals surface area (Å²) in [6.07, 6.45) is 6.58. The Kier molecular flexibility index (Phi) is 3.44. The van der Waals surface area contributed by atoms with Gasteiger partial charge >= 0.3 is 0 Å². The number of para-hydroxylation sites is 1. The Hall–Kier alpha value is -2.55. The molecule has 0 atom stereocenters. The number of hydrogen-bond acceptors (Lipinski definition) is 5. The lowest BCUT2D eigenvalue weighted by Gasteiger charge is -1.97. The maximum atomic E-state index is 10.8. The molecule has 2 rings (SSSR count). The van der Waals surface area contributed by atoms with Crippen molar-refractivity contribution in [3.8, 4) is 12.3 Å². The quantitative estimate of drug-likeness (QED) is 0.379. The lowest BCUT2D eigenvalue weighted by molar-refractivity contribution is -0.383. The average molecular weight is 245 g/mol. The highest BCUT2D eigenvalue weighted by molar-refractivity contribution is 5.83. The van der Waals surface area contributed by atoms with E-state index in [2.05, 4.69) is 16.2 Å². The van der Waals surface area contributed by atoms with Crippen molar-refractivity contribution in [3.63, 3.8) is 0 Å². The number of unbranched alkanes of at least 4 members (excludes halogenated alkanes) is 1. The molecule has 0 fully saturated rings. The second-order valence-electron chi connectivity index (χ2n) is 3.63. The van der Waals surface area contributed by atoms with Gasteiger partial charge in [-0.15, -0.1) is 12.3 Å². The number of terminal acetylenes is 1. The molecule has 1 aromatic carbocycles. The monoisotopic (exact) mass is 245 g/mol. The molecule has 92 valence electrons. The zero-order valence-corrected chi connectivity index (χ0v) is 9.55. The SMILES string of the molecule is C#CCCCNc1nc2c([N+](=O)[O-])cccc2o1. The first-order valence-electron chi connectivity index (χ1n) is 5.43. The summed E-state index contributed by atoms with van der Waals surface area (Å²) in [6.45, 7) is 0.616. The number of benzene rings is 1. The van der Waals surface area contributed by atoms with E-state index >= 15 is 0 Å². The van der Waals surface area contributed by atoms with Crippen LogP contribution in [0.2, 0.25) is 0 Å². The Balaban J connectivity index is 2.20. The van der Waals surface area contributed by atoms with E-state index in [1.54, 1.807) is 12.1 Å². The summed E-state index contributed by atoms with van der Waals surface area (Å²) in [6, 6.07) is 4.87. The molecule has 6 heteroatoms. The summed E-state index contributed by atoms with van der Waals surface area (Å²) in [4.78, 5) is 14.4. The molecule has 2 aromatic rings. The summed E-state index contributed by atoms with van der Waals surface area (Å²) in [7, 11) is 0. The van der Waals surface area contributed by atoms with Gasteiger partial charge < -0.3 is 9.73 Å². The van der Waals surface area contributed by atoms with Crippen LogP contribution in [0.25, 0.3) is 11.1 Å². The van der Waals surface area contributed by atoms with Crippen LogP contribution in [0.3, 0.4) is 0 Å². The number of nitrogens with one attached hydrogen (secondary N) is 1. The zero-order valence-electron chi connectivity index (χ0n) is 9.55. The Morgan fingerprint density at radius 2 is 2.39 bits per heavy atom. The van der Waals surface area contributed by atoms with E-state index in [0.717, 1.165) is 6.42 Å². The molecule has 6 nitrogen and oxygen atoms in total. The number of nitro benzene ring substituents is 1. The van der Waals surface area contributed by atoms with E-state index in [1.807, 2.05) is 0 Å². The van der Waals surface area contributed by atoms with Crippen LogP contribution in [0.15, 0.2) is 22.6 Å². The van der Waals surface area contributed by atoms with Gasteiger partial charge in [0.2, 0.25) is 0 Å². The fourth-order valence-electron chi connectivity index (χ4n) is 1.54. The molecule has 18 heavy (non-hydrogen) atoms. The molecule has 0 aliphatic heterocycles. The van der Waals surface area contributed by atoms with Crippen LogP contribution < -0.4 is 5.32 Å². The summed E-state index contributed by atoms with van der Waals surface area (Å²) in [5, 5.41) is 13.7.